The van der Waals surface area contributed by atoms with Crippen molar-refractivity contribution in [1.82, 2.24) is 9.97 Å². The van der Waals surface area contributed by atoms with Crippen LogP contribution in [-0.2, 0) is 6.18 Å². The number of piperidine rings is 1. The van der Waals surface area contributed by atoms with E-state index in [0.29, 0.717) is 36.8 Å². The van der Waals surface area contributed by atoms with Crippen molar-refractivity contribution in [2.45, 2.75) is 24.9 Å². The van der Waals surface area contributed by atoms with E-state index in [-0.39, 0.29) is 17.7 Å². The highest BCUT2D eigenvalue weighted by Gasteiger charge is 2.32. The number of nitrogens with two attached hydrogens (primary N) is 2. The van der Waals surface area contributed by atoms with E-state index in [2.05, 4.69) is 14.9 Å². The average molecular weight is 459 g/mol. The molecule has 1 atom stereocenters. The van der Waals surface area contributed by atoms with Gasteiger partial charge >= 0.3 is 6.18 Å². The van der Waals surface area contributed by atoms with E-state index >= 15 is 0 Å². The van der Waals surface area contributed by atoms with Crippen LogP contribution < -0.4 is 16.4 Å². The Kier molecular flexibility index (Phi) is 6.51. The van der Waals surface area contributed by atoms with E-state index in [0.717, 1.165) is 36.1 Å². The highest BCUT2D eigenvalue weighted by molar-refractivity contribution is 5.84. The predicted octanol–water partition coefficient (Wildman–Crippen LogP) is 4.84. The van der Waals surface area contributed by atoms with E-state index in [1.165, 1.54) is 30.6 Å². The van der Waals surface area contributed by atoms with Crippen LogP contribution in [-0.4, -0.2) is 29.6 Å². The molecule has 1 aliphatic rings. The van der Waals surface area contributed by atoms with Crippen molar-refractivity contribution in [3.63, 3.8) is 0 Å². The van der Waals surface area contributed by atoms with Crippen molar-refractivity contribution in [3.8, 4) is 11.1 Å². The first-order valence-electron chi connectivity index (χ1n) is 10.8. The molecule has 1 fully saturated rings. The largest absolute Gasteiger partial charge is 0.416 e. The molecule has 3 aromatic rings. The Morgan fingerprint density at radius 3 is 2.18 bits per heavy atom. The number of rotatable bonds is 5. The van der Waals surface area contributed by atoms with Gasteiger partial charge in [0.15, 0.2) is 0 Å². The van der Waals surface area contributed by atoms with E-state index in [4.69, 9.17) is 11.5 Å². The van der Waals surface area contributed by atoms with Gasteiger partial charge < -0.3 is 16.4 Å². The first-order chi connectivity index (χ1) is 15.8. The van der Waals surface area contributed by atoms with Crippen molar-refractivity contribution in [1.29, 1.82) is 0 Å². The lowest BCUT2D eigenvalue weighted by atomic mass is 9.80. The van der Waals surface area contributed by atoms with Crippen LogP contribution in [0.15, 0.2) is 54.9 Å². The van der Waals surface area contributed by atoms with Crippen LogP contribution in [0.5, 0.6) is 0 Å². The second-order valence-corrected chi connectivity index (χ2v) is 8.25. The van der Waals surface area contributed by atoms with Gasteiger partial charge in [0.05, 0.1) is 11.1 Å². The monoisotopic (exact) mass is 459 g/mol. The van der Waals surface area contributed by atoms with Gasteiger partial charge in [0, 0.05) is 13.1 Å². The summed E-state index contributed by atoms with van der Waals surface area (Å²) in [5.74, 6) is 0.871. The highest BCUT2D eigenvalue weighted by atomic mass is 19.4. The van der Waals surface area contributed by atoms with Crippen LogP contribution in [0.4, 0.5) is 29.2 Å². The molecule has 0 radical (unpaired) electrons. The van der Waals surface area contributed by atoms with Gasteiger partial charge in [0.1, 0.15) is 23.8 Å². The standard InChI is InChI=1S/C24H25F4N5/c25-19-7-3-17(4-8-19)21-22(30)31-14-32-23(21)33-11-9-16(10-12-33)20(13-29)15-1-5-18(6-2-15)24(26,27)28/h1-8,14,16,20H,9-13,29H2,(H2,30,31,32)/t20-/m0/s1. The van der Waals surface area contributed by atoms with Crippen molar-refractivity contribution in [2.75, 3.05) is 30.3 Å². The first kappa shape index (κ1) is 23.0. The minimum absolute atomic E-state index is 0.0264. The molecule has 0 unspecified atom stereocenters. The molecular formula is C24H25F4N5. The summed E-state index contributed by atoms with van der Waals surface area (Å²) in [5, 5.41) is 0. The van der Waals surface area contributed by atoms with Crippen molar-refractivity contribution in [3.05, 3.63) is 71.8 Å². The Hall–Kier alpha value is -3.20. The number of anilines is 2. The smallest absolute Gasteiger partial charge is 0.383 e. The van der Waals surface area contributed by atoms with Gasteiger partial charge in [0.25, 0.3) is 0 Å². The fourth-order valence-electron chi connectivity index (χ4n) is 4.56. The number of alkyl halides is 3. The van der Waals surface area contributed by atoms with E-state index in [1.807, 2.05) is 0 Å². The molecule has 9 heteroatoms. The van der Waals surface area contributed by atoms with E-state index in [1.54, 1.807) is 12.1 Å². The molecule has 4 N–H and O–H groups in total. The summed E-state index contributed by atoms with van der Waals surface area (Å²) < 4.78 is 52.1. The van der Waals surface area contributed by atoms with E-state index < -0.39 is 11.7 Å². The Bertz CT molecular complexity index is 1080. The normalized spacial score (nSPS) is 16.1. The minimum Gasteiger partial charge on any atom is -0.383 e. The second-order valence-electron chi connectivity index (χ2n) is 8.25. The van der Waals surface area contributed by atoms with Gasteiger partial charge in [-0.3, -0.25) is 0 Å². The molecule has 2 heterocycles. The topological polar surface area (TPSA) is 81.1 Å². The first-order valence-corrected chi connectivity index (χ1v) is 10.8. The molecule has 0 bridgehead atoms. The molecule has 2 aromatic carbocycles. The Morgan fingerprint density at radius 2 is 1.61 bits per heavy atom. The summed E-state index contributed by atoms with van der Waals surface area (Å²) in [5.41, 5.74) is 13.7. The van der Waals surface area contributed by atoms with Gasteiger partial charge in [-0.15, -0.1) is 0 Å². The lowest BCUT2D eigenvalue weighted by Crippen LogP contribution is -2.38. The van der Waals surface area contributed by atoms with Crippen LogP contribution in [0.3, 0.4) is 0 Å². The molecular weight excluding hydrogens is 434 g/mol. The summed E-state index contributed by atoms with van der Waals surface area (Å²) in [6.45, 7) is 1.73. The number of hydrogen-bond acceptors (Lipinski definition) is 5. The fourth-order valence-corrected chi connectivity index (χ4v) is 4.56. The maximum absolute atomic E-state index is 13.4. The Balaban J connectivity index is 1.51. The van der Waals surface area contributed by atoms with Gasteiger partial charge in [-0.05, 0) is 66.6 Å². The molecule has 0 spiro atoms. The average Bonchev–Trinajstić information content (AvgIpc) is 2.80. The molecule has 174 valence electrons. The number of nitrogens with zero attached hydrogens (tertiary/aromatic N) is 3. The van der Waals surface area contributed by atoms with Gasteiger partial charge in [-0.25, -0.2) is 14.4 Å². The molecule has 1 aliphatic heterocycles. The van der Waals surface area contributed by atoms with Gasteiger partial charge in [-0.2, -0.15) is 13.2 Å². The van der Waals surface area contributed by atoms with Crippen molar-refractivity contribution < 1.29 is 17.6 Å². The maximum Gasteiger partial charge on any atom is 0.416 e. The van der Waals surface area contributed by atoms with Gasteiger partial charge in [-0.1, -0.05) is 24.3 Å². The lowest BCUT2D eigenvalue weighted by Gasteiger charge is -2.37. The maximum atomic E-state index is 13.4. The molecule has 0 amide bonds. The number of hydrogen-bond donors (Lipinski definition) is 2. The van der Waals surface area contributed by atoms with Gasteiger partial charge in [0.2, 0.25) is 0 Å². The molecule has 4 rings (SSSR count). The highest BCUT2D eigenvalue weighted by Crippen LogP contribution is 2.38. The fraction of sp³-hybridized carbons (Fsp3) is 0.333. The summed E-state index contributed by atoms with van der Waals surface area (Å²) in [4.78, 5) is 10.7. The third-order valence-electron chi connectivity index (χ3n) is 6.32. The summed E-state index contributed by atoms with van der Waals surface area (Å²) in [6.07, 6.45) is -1.34. The van der Waals surface area contributed by atoms with E-state index in [9.17, 15) is 17.6 Å². The molecule has 0 saturated carbocycles. The number of aromatic nitrogens is 2. The van der Waals surface area contributed by atoms with Crippen LogP contribution in [0.1, 0.15) is 29.9 Å². The quantitative estimate of drug-likeness (QED) is 0.534. The third kappa shape index (κ3) is 4.93. The predicted molar refractivity (Wildman–Crippen MR) is 120 cm³/mol. The van der Waals surface area contributed by atoms with Crippen LogP contribution in [0.2, 0.25) is 0 Å². The third-order valence-corrected chi connectivity index (χ3v) is 6.32. The Morgan fingerprint density at radius 1 is 0.970 bits per heavy atom. The molecule has 5 nitrogen and oxygen atoms in total. The molecule has 1 aromatic heterocycles. The van der Waals surface area contributed by atoms with Crippen molar-refractivity contribution >= 4 is 11.6 Å². The zero-order valence-corrected chi connectivity index (χ0v) is 17.9. The van der Waals surface area contributed by atoms with Crippen LogP contribution >= 0.6 is 0 Å². The van der Waals surface area contributed by atoms with Crippen molar-refractivity contribution in [2.24, 2.45) is 11.7 Å². The van der Waals surface area contributed by atoms with Crippen LogP contribution in [0, 0.1) is 11.7 Å². The summed E-state index contributed by atoms with van der Waals surface area (Å²) >= 11 is 0. The summed E-state index contributed by atoms with van der Waals surface area (Å²) in [6, 6.07) is 11.3. The van der Waals surface area contributed by atoms with Crippen LogP contribution in [0.25, 0.3) is 11.1 Å². The zero-order chi connectivity index (χ0) is 23.6. The molecule has 0 aliphatic carbocycles. The second kappa shape index (κ2) is 9.35. The zero-order valence-electron chi connectivity index (χ0n) is 17.9. The SMILES string of the molecule is NC[C@@H](c1ccc(C(F)(F)F)cc1)C1CCN(c2ncnc(N)c2-c2ccc(F)cc2)CC1. The number of halogens is 4. The molecule has 33 heavy (non-hydrogen) atoms. The lowest BCUT2D eigenvalue weighted by molar-refractivity contribution is -0.137. The molecule has 1 saturated heterocycles. The summed E-state index contributed by atoms with van der Waals surface area (Å²) in [7, 11) is 0. The minimum atomic E-state index is -4.36. The Labute approximate surface area is 189 Å². The number of benzene rings is 2. The number of nitrogen functional groups attached to an aromatic ring is 1.